The lowest BCUT2D eigenvalue weighted by Gasteiger charge is -2.12. The zero-order chi connectivity index (χ0) is 22.7. The van der Waals surface area contributed by atoms with E-state index in [4.69, 9.17) is 9.72 Å². The highest BCUT2D eigenvalue weighted by atomic mass is 16.6. The van der Waals surface area contributed by atoms with Gasteiger partial charge in [-0.2, -0.15) is 0 Å². The Morgan fingerprint density at radius 3 is 2.62 bits per heavy atom. The molecule has 0 bridgehead atoms. The molecule has 1 amide bonds. The fourth-order valence-corrected chi connectivity index (χ4v) is 3.53. The highest BCUT2D eigenvalue weighted by Crippen LogP contribution is 2.31. The van der Waals surface area contributed by atoms with Crippen LogP contribution in [-0.4, -0.2) is 22.4 Å². The maximum Gasteiger partial charge on any atom is 0.296 e. The number of hydrogen-bond donors (Lipinski definition) is 1. The van der Waals surface area contributed by atoms with Gasteiger partial charge in [0.2, 0.25) is 0 Å². The molecule has 0 saturated carbocycles. The summed E-state index contributed by atoms with van der Waals surface area (Å²) in [6, 6.07) is 21.3. The van der Waals surface area contributed by atoms with Crippen molar-refractivity contribution < 1.29 is 14.5 Å². The highest BCUT2D eigenvalue weighted by Gasteiger charge is 2.20. The van der Waals surface area contributed by atoms with E-state index in [0.717, 1.165) is 11.1 Å². The molecule has 0 atom stereocenters. The Labute approximate surface area is 184 Å². The largest absolute Gasteiger partial charge is 0.494 e. The first-order valence-corrected chi connectivity index (χ1v) is 10.2. The van der Waals surface area contributed by atoms with Crippen molar-refractivity contribution in [2.45, 2.75) is 13.8 Å². The van der Waals surface area contributed by atoms with Gasteiger partial charge in [0.05, 0.1) is 34.4 Å². The van der Waals surface area contributed by atoms with Crippen molar-refractivity contribution in [2.75, 3.05) is 11.9 Å². The maximum absolute atomic E-state index is 13.3. The lowest BCUT2D eigenvalue weighted by molar-refractivity contribution is -0.384. The number of nitro benzene ring substituents is 1. The Kier molecular flexibility index (Phi) is 5.81. The molecule has 1 heterocycles. The van der Waals surface area contributed by atoms with Gasteiger partial charge in [0.25, 0.3) is 11.6 Å². The summed E-state index contributed by atoms with van der Waals surface area (Å²) in [5.41, 5.74) is 3.53. The number of ether oxygens (including phenoxy) is 1. The molecule has 0 unspecified atom stereocenters. The van der Waals surface area contributed by atoms with Crippen LogP contribution in [0.1, 0.15) is 22.8 Å². The third-order valence-corrected chi connectivity index (χ3v) is 5.00. The van der Waals surface area contributed by atoms with Crippen molar-refractivity contribution in [3.05, 3.63) is 94.0 Å². The van der Waals surface area contributed by atoms with Crippen molar-refractivity contribution in [1.29, 1.82) is 0 Å². The Balaban J connectivity index is 1.78. The molecule has 32 heavy (non-hydrogen) atoms. The van der Waals surface area contributed by atoms with Gasteiger partial charge in [0.1, 0.15) is 11.4 Å². The molecule has 0 aliphatic carbocycles. The summed E-state index contributed by atoms with van der Waals surface area (Å²) in [5, 5.41) is 14.9. The molecule has 7 heteroatoms. The van der Waals surface area contributed by atoms with Crippen LogP contribution in [0.3, 0.4) is 0 Å². The molecule has 0 aliphatic rings. The van der Waals surface area contributed by atoms with Gasteiger partial charge in [-0.15, -0.1) is 0 Å². The molecule has 0 fully saturated rings. The normalized spacial score (nSPS) is 10.7. The number of nitrogens with one attached hydrogen (secondary N) is 1. The van der Waals surface area contributed by atoms with Crippen molar-refractivity contribution in [3.8, 4) is 17.0 Å². The highest BCUT2D eigenvalue weighted by molar-refractivity contribution is 6.13. The first-order valence-electron chi connectivity index (χ1n) is 10.2. The molecule has 7 nitrogen and oxygen atoms in total. The third-order valence-electron chi connectivity index (χ3n) is 5.00. The van der Waals surface area contributed by atoms with Crippen LogP contribution in [0.5, 0.6) is 5.75 Å². The number of carbonyl (C=O) groups excluding carboxylic acids is 1. The van der Waals surface area contributed by atoms with Gasteiger partial charge in [0.15, 0.2) is 0 Å². The number of benzene rings is 3. The van der Waals surface area contributed by atoms with E-state index < -0.39 is 10.8 Å². The van der Waals surface area contributed by atoms with Gasteiger partial charge in [-0.05, 0) is 44.2 Å². The number of nitro groups is 1. The predicted molar refractivity (Wildman–Crippen MR) is 124 cm³/mol. The number of nitrogens with zero attached hydrogens (tertiary/aromatic N) is 2. The second-order valence-corrected chi connectivity index (χ2v) is 7.26. The summed E-state index contributed by atoms with van der Waals surface area (Å²) >= 11 is 0. The fourth-order valence-electron chi connectivity index (χ4n) is 3.53. The number of amides is 1. The minimum atomic E-state index is -0.541. The molecule has 0 radical (unpaired) electrons. The van der Waals surface area contributed by atoms with Crippen LogP contribution in [0.25, 0.3) is 22.2 Å². The smallest absolute Gasteiger partial charge is 0.296 e. The average molecular weight is 427 g/mol. The summed E-state index contributed by atoms with van der Waals surface area (Å²) < 4.78 is 5.35. The van der Waals surface area contributed by atoms with Crippen LogP contribution in [-0.2, 0) is 0 Å². The van der Waals surface area contributed by atoms with E-state index in [2.05, 4.69) is 5.32 Å². The minimum absolute atomic E-state index is 0.0986. The number of pyridine rings is 1. The summed E-state index contributed by atoms with van der Waals surface area (Å²) in [7, 11) is 0. The quantitative estimate of drug-likeness (QED) is 0.311. The van der Waals surface area contributed by atoms with Crippen molar-refractivity contribution >= 4 is 28.2 Å². The number of fused-ring (bicyclic) bond motifs is 1. The summed E-state index contributed by atoms with van der Waals surface area (Å²) in [4.78, 5) is 29.0. The SMILES string of the molecule is CCOc1ccc(NC(=O)c2cc(-c3cccc(C)c3)nc3ccccc23)c([N+](=O)[O-])c1. The number of aryl methyl sites for hydroxylation is 1. The summed E-state index contributed by atoms with van der Waals surface area (Å²) in [5.74, 6) is -0.0851. The second kappa shape index (κ2) is 8.85. The van der Waals surface area contributed by atoms with Crippen molar-refractivity contribution in [3.63, 3.8) is 0 Å². The number of rotatable bonds is 6. The Morgan fingerprint density at radius 1 is 1.06 bits per heavy atom. The van der Waals surface area contributed by atoms with E-state index in [1.54, 1.807) is 19.1 Å². The van der Waals surface area contributed by atoms with Crippen LogP contribution < -0.4 is 10.1 Å². The van der Waals surface area contributed by atoms with Gasteiger partial charge in [-0.1, -0.05) is 42.0 Å². The van der Waals surface area contributed by atoms with Crippen LogP contribution in [0.2, 0.25) is 0 Å². The predicted octanol–water partition coefficient (Wildman–Crippen LogP) is 5.77. The Morgan fingerprint density at radius 2 is 1.88 bits per heavy atom. The zero-order valence-corrected chi connectivity index (χ0v) is 17.7. The van der Waals surface area contributed by atoms with Crippen LogP contribution >= 0.6 is 0 Å². The molecule has 1 aromatic heterocycles. The molecule has 4 rings (SSSR count). The second-order valence-electron chi connectivity index (χ2n) is 7.26. The van der Waals surface area contributed by atoms with Gasteiger partial charge in [0, 0.05) is 10.9 Å². The van der Waals surface area contributed by atoms with E-state index in [1.165, 1.54) is 12.1 Å². The topological polar surface area (TPSA) is 94.4 Å². The number of anilines is 1. The first kappa shape index (κ1) is 21.0. The number of para-hydroxylation sites is 1. The van der Waals surface area contributed by atoms with E-state index in [0.29, 0.717) is 34.5 Å². The van der Waals surface area contributed by atoms with E-state index in [1.807, 2.05) is 55.5 Å². The Bertz CT molecular complexity index is 1330. The standard InChI is InChI=1S/C25H21N3O4/c1-3-32-18-11-12-22(24(14-18)28(30)31)27-25(29)20-15-23(17-8-6-7-16(2)13-17)26-21-10-5-4-9-19(20)21/h4-15H,3H2,1-2H3,(H,27,29). The maximum atomic E-state index is 13.3. The molecule has 0 spiro atoms. The van der Waals surface area contributed by atoms with E-state index in [9.17, 15) is 14.9 Å². The van der Waals surface area contributed by atoms with E-state index >= 15 is 0 Å². The minimum Gasteiger partial charge on any atom is -0.494 e. The van der Waals surface area contributed by atoms with Gasteiger partial charge < -0.3 is 10.1 Å². The summed E-state index contributed by atoms with van der Waals surface area (Å²) in [6.45, 7) is 4.17. The van der Waals surface area contributed by atoms with E-state index in [-0.39, 0.29) is 11.4 Å². The lowest BCUT2D eigenvalue weighted by Crippen LogP contribution is -2.14. The van der Waals surface area contributed by atoms with Crippen molar-refractivity contribution in [2.24, 2.45) is 0 Å². The molecule has 0 saturated heterocycles. The molecule has 3 aromatic carbocycles. The third kappa shape index (κ3) is 4.27. The molecular weight excluding hydrogens is 406 g/mol. The van der Waals surface area contributed by atoms with Crippen LogP contribution in [0.15, 0.2) is 72.8 Å². The molecule has 1 N–H and O–H groups in total. The van der Waals surface area contributed by atoms with Crippen LogP contribution in [0, 0.1) is 17.0 Å². The number of carbonyl (C=O) groups is 1. The van der Waals surface area contributed by atoms with Crippen molar-refractivity contribution in [1.82, 2.24) is 4.98 Å². The molecule has 0 aliphatic heterocycles. The van der Waals surface area contributed by atoms with Gasteiger partial charge in [-0.3, -0.25) is 14.9 Å². The number of hydrogen-bond acceptors (Lipinski definition) is 5. The lowest BCUT2D eigenvalue weighted by atomic mass is 10.0. The average Bonchev–Trinajstić information content (AvgIpc) is 2.79. The molecule has 4 aromatic rings. The molecular formula is C25H21N3O4. The van der Waals surface area contributed by atoms with Crippen LogP contribution in [0.4, 0.5) is 11.4 Å². The molecule has 160 valence electrons. The number of aromatic nitrogens is 1. The zero-order valence-electron chi connectivity index (χ0n) is 17.7. The monoisotopic (exact) mass is 427 g/mol. The van der Waals surface area contributed by atoms with Gasteiger partial charge >= 0.3 is 0 Å². The summed E-state index contributed by atoms with van der Waals surface area (Å²) in [6.07, 6.45) is 0. The first-order chi connectivity index (χ1) is 15.5. The van der Waals surface area contributed by atoms with Gasteiger partial charge in [-0.25, -0.2) is 4.98 Å². The fraction of sp³-hybridized carbons (Fsp3) is 0.120. The Hall–Kier alpha value is -4.26.